The van der Waals surface area contributed by atoms with E-state index in [1.54, 1.807) is 59.1 Å². The van der Waals surface area contributed by atoms with E-state index in [1.165, 1.54) is 16.2 Å². The Bertz CT molecular complexity index is 814. The summed E-state index contributed by atoms with van der Waals surface area (Å²) in [4.78, 5) is 36.6. The van der Waals surface area contributed by atoms with Crippen LogP contribution in [0.15, 0.2) is 24.5 Å². The molecule has 0 saturated heterocycles. The maximum atomic E-state index is 12.9. The van der Waals surface area contributed by atoms with Gasteiger partial charge in [0.15, 0.2) is 0 Å². The van der Waals surface area contributed by atoms with E-state index in [0.29, 0.717) is 0 Å². The average Bonchev–Trinajstić information content (AvgIpc) is 3.00. The molecule has 1 unspecified atom stereocenters. The number of carbonyl (C=O) groups excluding carboxylic acids is 2. The Morgan fingerprint density at radius 1 is 1.26 bits per heavy atom. The van der Waals surface area contributed by atoms with Crippen molar-refractivity contribution in [3.05, 3.63) is 30.2 Å². The molecule has 0 aliphatic rings. The van der Waals surface area contributed by atoms with Crippen molar-refractivity contribution < 1.29 is 14.3 Å². The van der Waals surface area contributed by atoms with E-state index >= 15 is 0 Å². The van der Waals surface area contributed by atoms with Gasteiger partial charge in [0.2, 0.25) is 5.91 Å². The molecule has 2 heterocycles. The SMILES string of the molecule is Cc1nc(-c2cccnc2)sc1N(C)C(=O)C(C)N(C)C(=O)OC(C)(C)C. The summed E-state index contributed by atoms with van der Waals surface area (Å²) < 4.78 is 5.34. The standard InChI is InChI=1S/C19H26N4O3S/c1-12-17(27-15(21-12)14-9-8-10-20-11-14)23(7)16(24)13(2)22(6)18(25)26-19(3,4)5/h8-11,13H,1-7H3. The summed E-state index contributed by atoms with van der Waals surface area (Å²) in [7, 11) is 3.25. The Hall–Kier alpha value is -2.48. The van der Waals surface area contributed by atoms with Crippen LogP contribution in [-0.2, 0) is 9.53 Å². The van der Waals surface area contributed by atoms with Gasteiger partial charge in [0, 0.05) is 32.1 Å². The van der Waals surface area contributed by atoms with Crippen molar-refractivity contribution in [3.8, 4) is 10.6 Å². The van der Waals surface area contributed by atoms with Gasteiger partial charge in [-0.15, -0.1) is 0 Å². The van der Waals surface area contributed by atoms with Crippen molar-refractivity contribution >= 4 is 28.3 Å². The number of anilines is 1. The molecule has 0 spiro atoms. The van der Waals surface area contributed by atoms with Crippen LogP contribution in [0.3, 0.4) is 0 Å². The van der Waals surface area contributed by atoms with Crippen molar-refractivity contribution in [2.75, 3.05) is 19.0 Å². The average molecular weight is 391 g/mol. The maximum Gasteiger partial charge on any atom is 0.410 e. The van der Waals surface area contributed by atoms with Crippen LogP contribution in [0.5, 0.6) is 0 Å². The van der Waals surface area contributed by atoms with E-state index in [-0.39, 0.29) is 5.91 Å². The quantitative estimate of drug-likeness (QED) is 0.795. The molecule has 1 atom stereocenters. The van der Waals surface area contributed by atoms with Crippen LogP contribution < -0.4 is 4.90 Å². The highest BCUT2D eigenvalue weighted by Crippen LogP contribution is 2.34. The van der Waals surface area contributed by atoms with E-state index in [9.17, 15) is 9.59 Å². The van der Waals surface area contributed by atoms with Gasteiger partial charge >= 0.3 is 6.09 Å². The first-order valence-electron chi connectivity index (χ1n) is 8.62. The smallest absolute Gasteiger partial charge is 0.410 e. The van der Waals surface area contributed by atoms with Crippen molar-refractivity contribution in [2.24, 2.45) is 0 Å². The molecule has 0 saturated carbocycles. The molecule has 2 aromatic rings. The summed E-state index contributed by atoms with van der Waals surface area (Å²) in [6.07, 6.45) is 2.91. The summed E-state index contributed by atoms with van der Waals surface area (Å²) in [5.74, 6) is -0.215. The number of pyridine rings is 1. The zero-order chi connectivity index (χ0) is 20.4. The summed E-state index contributed by atoms with van der Waals surface area (Å²) in [6, 6.07) is 3.10. The molecule has 0 bridgehead atoms. The minimum Gasteiger partial charge on any atom is -0.444 e. The molecular weight excluding hydrogens is 364 g/mol. The zero-order valence-electron chi connectivity index (χ0n) is 16.8. The number of aromatic nitrogens is 2. The first-order valence-corrected chi connectivity index (χ1v) is 9.44. The molecule has 0 radical (unpaired) electrons. The molecule has 8 heteroatoms. The molecule has 146 valence electrons. The zero-order valence-corrected chi connectivity index (χ0v) is 17.6. The third-order valence-corrected chi connectivity index (χ3v) is 5.22. The number of hydrogen-bond donors (Lipinski definition) is 0. The Morgan fingerprint density at radius 2 is 1.93 bits per heavy atom. The van der Waals surface area contributed by atoms with Crippen LogP contribution in [0.25, 0.3) is 10.6 Å². The summed E-state index contributed by atoms with van der Waals surface area (Å²) in [5.41, 5.74) is 1.03. The van der Waals surface area contributed by atoms with Gasteiger partial charge in [-0.2, -0.15) is 0 Å². The molecule has 0 fully saturated rings. The van der Waals surface area contributed by atoms with Gasteiger partial charge in [-0.05, 0) is 46.8 Å². The van der Waals surface area contributed by atoms with Crippen molar-refractivity contribution in [1.29, 1.82) is 0 Å². The number of ether oxygens (including phenoxy) is 1. The van der Waals surface area contributed by atoms with Gasteiger partial charge < -0.3 is 9.64 Å². The van der Waals surface area contributed by atoms with Crippen molar-refractivity contribution in [1.82, 2.24) is 14.9 Å². The van der Waals surface area contributed by atoms with Gasteiger partial charge in [0.25, 0.3) is 0 Å². The lowest BCUT2D eigenvalue weighted by molar-refractivity contribution is -0.122. The molecule has 0 aliphatic heterocycles. The monoisotopic (exact) mass is 390 g/mol. The van der Waals surface area contributed by atoms with Crippen LogP contribution in [0.4, 0.5) is 9.80 Å². The molecule has 0 N–H and O–H groups in total. The van der Waals surface area contributed by atoms with E-state index in [0.717, 1.165) is 21.3 Å². The highest BCUT2D eigenvalue weighted by atomic mass is 32.1. The molecule has 2 rings (SSSR count). The predicted molar refractivity (Wildman–Crippen MR) is 107 cm³/mol. The lowest BCUT2D eigenvalue weighted by Gasteiger charge is -2.30. The summed E-state index contributed by atoms with van der Waals surface area (Å²) in [6.45, 7) is 8.91. The Labute approximate surface area is 164 Å². The number of hydrogen-bond acceptors (Lipinski definition) is 6. The van der Waals surface area contributed by atoms with Crippen LogP contribution in [0, 0.1) is 6.92 Å². The Kier molecular flexibility index (Phi) is 6.20. The molecule has 0 aliphatic carbocycles. The van der Waals surface area contributed by atoms with Gasteiger partial charge in [-0.3, -0.25) is 14.7 Å². The first kappa shape index (κ1) is 20.8. The molecular formula is C19H26N4O3S. The molecule has 2 amide bonds. The minimum absolute atomic E-state index is 0.215. The van der Waals surface area contributed by atoms with Gasteiger partial charge in [0.1, 0.15) is 21.7 Å². The summed E-state index contributed by atoms with van der Waals surface area (Å²) >= 11 is 1.42. The van der Waals surface area contributed by atoms with Crippen LogP contribution >= 0.6 is 11.3 Å². The van der Waals surface area contributed by atoms with Crippen LogP contribution in [0.2, 0.25) is 0 Å². The van der Waals surface area contributed by atoms with Gasteiger partial charge in [-0.1, -0.05) is 11.3 Å². The molecule has 0 aromatic carbocycles. The number of carbonyl (C=O) groups is 2. The lowest BCUT2D eigenvalue weighted by Crippen LogP contribution is -2.48. The second-order valence-corrected chi connectivity index (χ2v) is 8.29. The Balaban J connectivity index is 2.17. The second-order valence-electron chi connectivity index (χ2n) is 7.32. The minimum atomic E-state index is -0.673. The van der Waals surface area contributed by atoms with Gasteiger partial charge in [0.05, 0.1) is 5.69 Å². The Morgan fingerprint density at radius 3 is 2.48 bits per heavy atom. The highest BCUT2D eigenvalue weighted by molar-refractivity contribution is 7.19. The van der Waals surface area contributed by atoms with E-state index in [4.69, 9.17) is 4.74 Å². The van der Waals surface area contributed by atoms with Gasteiger partial charge in [-0.25, -0.2) is 9.78 Å². The lowest BCUT2D eigenvalue weighted by atomic mass is 10.2. The fourth-order valence-corrected chi connectivity index (χ4v) is 3.37. The first-order chi connectivity index (χ1) is 12.5. The fourth-order valence-electron chi connectivity index (χ4n) is 2.35. The summed E-state index contributed by atoms with van der Waals surface area (Å²) in [5, 5.41) is 1.53. The van der Waals surface area contributed by atoms with Crippen molar-refractivity contribution in [2.45, 2.75) is 46.3 Å². The third kappa shape index (κ3) is 5.03. The fraction of sp³-hybridized carbons (Fsp3) is 0.474. The van der Waals surface area contributed by atoms with E-state index in [2.05, 4.69) is 9.97 Å². The number of thiazole rings is 1. The highest BCUT2D eigenvalue weighted by Gasteiger charge is 2.30. The van der Waals surface area contributed by atoms with Crippen LogP contribution in [0.1, 0.15) is 33.4 Å². The van der Waals surface area contributed by atoms with E-state index in [1.807, 2.05) is 19.1 Å². The van der Waals surface area contributed by atoms with Crippen LogP contribution in [-0.4, -0.2) is 52.6 Å². The normalized spacial score (nSPS) is 12.4. The van der Waals surface area contributed by atoms with Crippen molar-refractivity contribution in [3.63, 3.8) is 0 Å². The van der Waals surface area contributed by atoms with E-state index < -0.39 is 17.7 Å². The molecule has 2 aromatic heterocycles. The largest absolute Gasteiger partial charge is 0.444 e. The molecule has 7 nitrogen and oxygen atoms in total. The predicted octanol–water partition coefficient (Wildman–Crippen LogP) is 3.73. The topological polar surface area (TPSA) is 75.6 Å². The third-order valence-electron chi connectivity index (χ3n) is 3.94. The number of nitrogens with zero attached hydrogens (tertiary/aromatic N) is 4. The maximum absolute atomic E-state index is 12.9. The number of rotatable bonds is 4. The molecule has 27 heavy (non-hydrogen) atoms. The number of aryl methyl sites for hydroxylation is 1. The second kappa shape index (κ2) is 8.04. The number of amides is 2. The number of likely N-dealkylation sites (N-methyl/N-ethyl adjacent to an activating group) is 2.